The van der Waals surface area contributed by atoms with Gasteiger partial charge < -0.3 is 10.2 Å². The minimum atomic E-state index is -4.12. The molecule has 0 aliphatic rings. The van der Waals surface area contributed by atoms with Gasteiger partial charge in [0, 0.05) is 13.1 Å². The second-order valence-corrected chi connectivity index (χ2v) is 12.0. The van der Waals surface area contributed by atoms with Crippen molar-refractivity contribution in [3.05, 3.63) is 95.3 Å². The molecule has 208 valence electrons. The van der Waals surface area contributed by atoms with Crippen molar-refractivity contribution in [2.45, 2.75) is 52.1 Å². The molecule has 3 rings (SSSR count). The Labute approximate surface area is 230 Å². The van der Waals surface area contributed by atoms with E-state index in [0.717, 1.165) is 15.4 Å². The monoisotopic (exact) mass is 553 g/mol. The maximum absolute atomic E-state index is 13.8. The fourth-order valence-electron chi connectivity index (χ4n) is 3.90. The Balaban J connectivity index is 2.00. The zero-order valence-electron chi connectivity index (χ0n) is 23.0. The standard InChI is InChI=1S/C30H36FN3O4S/c1-21(2)18-32-30(36)24(5)33(19-25-10-12-26(31)13-11-25)29(35)20-34(27-14-6-22(3)7-15-27)39(37,38)28-16-8-23(4)9-17-28/h6-17,21,24H,18-20H2,1-5H3,(H,32,36)/t24-/m1/s1. The Hall–Kier alpha value is -3.72. The van der Waals surface area contributed by atoms with Crippen molar-refractivity contribution in [1.82, 2.24) is 10.2 Å². The zero-order chi connectivity index (χ0) is 28.7. The summed E-state index contributed by atoms with van der Waals surface area (Å²) in [5, 5.41) is 2.84. The van der Waals surface area contributed by atoms with E-state index in [1.807, 2.05) is 27.7 Å². The van der Waals surface area contributed by atoms with Gasteiger partial charge in [-0.3, -0.25) is 13.9 Å². The summed E-state index contributed by atoms with van der Waals surface area (Å²) in [6, 6.07) is 18.0. The molecule has 1 N–H and O–H groups in total. The highest BCUT2D eigenvalue weighted by Crippen LogP contribution is 2.25. The third-order valence-electron chi connectivity index (χ3n) is 6.33. The molecule has 0 unspecified atom stereocenters. The molecule has 3 aromatic rings. The van der Waals surface area contributed by atoms with Crippen LogP contribution >= 0.6 is 0 Å². The molecule has 0 saturated heterocycles. The Morgan fingerprint density at radius 2 is 1.38 bits per heavy atom. The number of carbonyl (C=O) groups is 2. The van der Waals surface area contributed by atoms with Crippen molar-refractivity contribution in [2.75, 3.05) is 17.4 Å². The lowest BCUT2D eigenvalue weighted by molar-refractivity contribution is -0.139. The number of carbonyl (C=O) groups excluding carboxylic acids is 2. The summed E-state index contributed by atoms with van der Waals surface area (Å²) < 4.78 is 42.2. The number of halogens is 1. The van der Waals surface area contributed by atoms with Gasteiger partial charge in [0.05, 0.1) is 10.6 Å². The van der Waals surface area contributed by atoms with Crippen LogP contribution in [0.4, 0.5) is 10.1 Å². The predicted octanol–water partition coefficient (Wildman–Crippen LogP) is 4.83. The number of hydrogen-bond acceptors (Lipinski definition) is 4. The van der Waals surface area contributed by atoms with Gasteiger partial charge in [-0.25, -0.2) is 12.8 Å². The Morgan fingerprint density at radius 1 is 0.846 bits per heavy atom. The van der Waals surface area contributed by atoms with Gasteiger partial charge in [-0.15, -0.1) is 0 Å². The average Bonchev–Trinajstić information content (AvgIpc) is 2.90. The average molecular weight is 554 g/mol. The second-order valence-electron chi connectivity index (χ2n) is 10.1. The van der Waals surface area contributed by atoms with Crippen LogP contribution in [0, 0.1) is 25.6 Å². The number of nitrogens with one attached hydrogen (secondary N) is 1. The van der Waals surface area contributed by atoms with Gasteiger partial charge >= 0.3 is 0 Å². The van der Waals surface area contributed by atoms with Crippen molar-refractivity contribution in [3.63, 3.8) is 0 Å². The summed E-state index contributed by atoms with van der Waals surface area (Å²) in [4.78, 5) is 28.2. The van der Waals surface area contributed by atoms with Crippen molar-refractivity contribution in [3.8, 4) is 0 Å². The van der Waals surface area contributed by atoms with Crippen LogP contribution in [0.5, 0.6) is 0 Å². The number of sulfonamides is 1. The van der Waals surface area contributed by atoms with E-state index < -0.39 is 34.3 Å². The van der Waals surface area contributed by atoms with Gasteiger partial charge in [-0.1, -0.05) is 61.4 Å². The Kier molecular flexibility index (Phi) is 9.86. The Morgan fingerprint density at radius 3 is 1.92 bits per heavy atom. The topological polar surface area (TPSA) is 86.8 Å². The summed E-state index contributed by atoms with van der Waals surface area (Å²) in [7, 11) is -4.12. The number of rotatable bonds is 11. The van der Waals surface area contributed by atoms with E-state index in [2.05, 4.69) is 5.32 Å². The maximum atomic E-state index is 13.8. The molecule has 2 amide bonds. The van der Waals surface area contributed by atoms with E-state index in [1.54, 1.807) is 43.3 Å². The SMILES string of the molecule is Cc1ccc(N(CC(=O)N(Cc2ccc(F)cc2)[C@H](C)C(=O)NCC(C)C)S(=O)(=O)c2ccc(C)cc2)cc1. The summed E-state index contributed by atoms with van der Waals surface area (Å²) in [5.41, 5.74) is 2.77. The van der Waals surface area contributed by atoms with Crippen LogP contribution in [0.1, 0.15) is 37.5 Å². The van der Waals surface area contributed by atoms with Crippen LogP contribution in [-0.2, 0) is 26.2 Å². The first-order chi connectivity index (χ1) is 18.4. The number of nitrogens with zero attached hydrogens (tertiary/aromatic N) is 2. The molecule has 0 heterocycles. The van der Waals surface area contributed by atoms with Gasteiger partial charge in [0.15, 0.2) is 0 Å². The lowest BCUT2D eigenvalue weighted by Gasteiger charge is -2.32. The molecule has 0 saturated carbocycles. The van der Waals surface area contributed by atoms with E-state index in [4.69, 9.17) is 0 Å². The molecule has 0 bridgehead atoms. The second kappa shape index (κ2) is 12.9. The zero-order valence-corrected chi connectivity index (χ0v) is 23.8. The molecule has 39 heavy (non-hydrogen) atoms. The summed E-state index contributed by atoms with van der Waals surface area (Å²) in [6.45, 7) is 9.17. The van der Waals surface area contributed by atoms with Gasteiger partial charge in [0.1, 0.15) is 18.4 Å². The molecule has 0 radical (unpaired) electrons. The molecule has 0 fully saturated rings. The number of aryl methyl sites for hydroxylation is 2. The highest BCUT2D eigenvalue weighted by Gasteiger charge is 2.32. The van der Waals surface area contributed by atoms with E-state index >= 15 is 0 Å². The molecule has 0 spiro atoms. The van der Waals surface area contributed by atoms with E-state index in [9.17, 15) is 22.4 Å². The molecule has 9 heteroatoms. The minimum Gasteiger partial charge on any atom is -0.354 e. The molecule has 0 aliphatic carbocycles. The maximum Gasteiger partial charge on any atom is 0.264 e. The first-order valence-corrected chi connectivity index (χ1v) is 14.3. The highest BCUT2D eigenvalue weighted by molar-refractivity contribution is 7.92. The third-order valence-corrected chi connectivity index (χ3v) is 8.12. The molecular weight excluding hydrogens is 517 g/mol. The molecule has 0 aromatic heterocycles. The van der Waals surface area contributed by atoms with Crippen LogP contribution in [0.25, 0.3) is 0 Å². The van der Waals surface area contributed by atoms with Gasteiger partial charge in [-0.05, 0) is 68.7 Å². The first kappa shape index (κ1) is 29.8. The van der Waals surface area contributed by atoms with Gasteiger partial charge in [0.25, 0.3) is 10.0 Å². The third kappa shape index (κ3) is 7.89. The molecule has 7 nitrogen and oxygen atoms in total. The quantitative estimate of drug-likeness (QED) is 0.369. The van der Waals surface area contributed by atoms with E-state index in [1.165, 1.54) is 41.3 Å². The molecule has 1 atom stereocenters. The largest absolute Gasteiger partial charge is 0.354 e. The van der Waals surface area contributed by atoms with Crippen molar-refractivity contribution < 1.29 is 22.4 Å². The van der Waals surface area contributed by atoms with Crippen molar-refractivity contribution in [2.24, 2.45) is 5.92 Å². The lowest BCUT2D eigenvalue weighted by atomic mass is 10.1. The first-order valence-electron chi connectivity index (χ1n) is 12.9. The molecule has 0 aliphatic heterocycles. The minimum absolute atomic E-state index is 0.00168. The van der Waals surface area contributed by atoms with Crippen LogP contribution in [-0.4, -0.2) is 44.3 Å². The molecular formula is C30H36FN3O4S. The summed E-state index contributed by atoms with van der Waals surface area (Å²) in [6.07, 6.45) is 0. The van der Waals surface area contributed by atoms with Crippen molar-refractivity contribution in [1.29, 1.82) is 0 Å². The number of benzene rings is 3. The number of anilines is 1. The lowest BCUT2D eigenvalue weighted by Crippen LogP contribution is -2.51. The Bertz CT molecular complexity index is 1370. The fraction of sp³-hybridized carbons (Fsp3) is 0.333. The number of hydrogen-bond donors (Lipinski definition) is 1. The fourth-order valence-corrected chi connectivity index (χ4v) is 5.31. The van der Waals surface area contributed by atoms with E-state index in [0.29, 0.717) is 17.8 Å². The van der Waals surface area contributed by atoms with Gasteiger partial charge in [0.2, 0.25) is 11.8 Å². The van der Waals surface area contributed by atoms with Crippen LogP contribution < -0.4 is 9.62 Å². The van der Waals surface area contributed by atoms with Crippen LogP contribution in [0.15, 0.2) is 77.7 Å². The smallest absolute Gasteiger partial charge is 0.264 e. The molecule has 3 aromatic carbocycles. The summed E-state index contributed by atoms with van der Waals surface area (Å²) >= 11 is 0. The van der Waals surface area contributed by atoms with E-state index in [-0.39, 0.29) is 23.3 Å². The normalized spacial score (nSPS) is 12.2. The van der Waals surface area contributed by atoms with Crippen LogP contribution in [0.2, 0.25) is 0 Å². The highest BCUT2D eigenvalue weighted by atomic mass is 32.2. The predicted molar refractivity (Wildman–Crippen MR) is 151 cm³/mol. The number of amides is 2. The summed E-state index contributed by atoms with van der Waals surface area (Å²) in [5.74, 6) is -1.14. The van der Waals surface area contributed by atoms with Gasteiger partial charge in [-0.2, -0.15) is 0 Å². The van der Waals surface area contributed by atoms with Crippen molar-refractivity contribution >= 4 is 27.5 Å². The van der Waals surface area contributed by atoms with Crippen LogP contribution in [0.3, 0.4) is 0 Å².